The number of aryl methyl sites for hydroxylation is 1. The molecular weight excluding hydrogens is 891 g/mol. The number of nitro groups is 1. The first-order valence-corrected chi connectivity index (χ1v) is 25.2. The van der Waals surface area contributed by atoms with Gasteiger partial charge in [-0.3, -0.25) is 25.0 Å². The predicted octanol–water partition coefficient (Wildman–Crippen LogP) is 16.1. The molecule has 0 saturated carbocycles. The van der Waals surface area contributed by atoms with Gasteiger partial charge in [0, 0.05) is 12.1 Å². The molecule has 382 valence electrons. The van der Waals surface area contributed by atoms with E-state index in [1.54, 1.807) is 24.3 Å². The number of nitro benzene ring substituents is 1. The molecule has 0 spiro atoms. The van der Waals surface area contributed by atoms with Crippen LogP contribution in [0.2, 0.25) is 0 Å². The summed E-state index contributed by atoms with van der Waals surface area (Å²) in [4.78, 5) is 39.4. The van der Waals surface area contributed by atoms with Crippen molar-refractivity contribution in [2.45, 2.75) is 149 Å². The number of azo groups is 2. The molecule has 3 unspecified atom stereocenters. The van der Waals surface area contributed by atoms with Crippen molar-refractivity contribution in [3.63, 3.8) is 0 Å². The van der Waals surface area contributed by atoms with Gasteiger partial charge in [0.05, 0.1) is 60.7 Å². The molecule has 0 bridgehead atoms. The van der Waals surface area contributed by atoms with Crippen LogP contribution in [0.1, 0.15) is 142 Å². The van der Waals surface area contributed by atoms with Crippen molar-refractivity contribution in [3.8, 4) is 11.5 Å². The summed E-state index contributed by atoms with van der Waals surface area (Å²) >= 11 is 0. The summed E-state index contributed by atoms with van der Waals surface area (Å²) in [5, 5.41) is 36.4. The highest BCUT2D eigenvalue weighted by Gasteiger charge is 2.28. The molecule has 1 N–H and O–H groups in total. The molecule has 15 heteroatoms. The molecule has 4 aromatic carbocycles. The van der Waals surface area contributed by atoms with Gasteiger partial charge in [-0.25, -0.2) is 4.89 Å². The Labute approximate surface area is 415 Å². The maximum atomic E-state index is 12.4. The normalized spacial score (nSPS) is 12.5. The second-order valence-corrected chi connectivity index (χ2v) is 17.5. The lowest BCUT2D eigenvalue weighted by Crippen LogP contribution is -2.27. The Balaban J connectivity index is 0.000000392. The number of methoxy groups -OCH3 is 1. The third kappa shape index (κ3) is 25.0. The first-order chi connectivity index (χ1) is 34.1. The Hall–Kier alpha value is -6.06. The Morgan fingerprint density at radius 2 is 0.986 bits per heavy atom. The number of ether oxygens (including phenoxy) is 4. The Kier molecular flexibility index (Phi) is 29.9. The van der Waals surface area contributed by atoms with Crippen LogP contribution in [0.5, 0.6) is 11.5 Å². The lowest BCUT2D eigenvalue weighted by atomic mass is 9.97. The third-order valence-corrected chi connectivity index (χ3v) is 11.8. The van der Waals surface area contributed by atoms with E-state index in [0.29, 0.717) is 49.3 Å². The number of carbonyl (C=O) groups excluding carboxylic acids is 2. The molecule has 0 radical (unpaired) electrons. The van der Waals surface area contributed by atoms with Crippen LogP contribution in [-0.4, -0.2) is 55.2 Å². The summed E-state index contributed by atoms with van der Waals surface area (Å²) in [7, 11) is 1.30. The third-order valence-electron chi connectivity index (χ3n) is 11.8. The maximum absolute atomic E-state index is 12.4. The van der Waals surface area contributed by atoms with Crippen molar-refractivity contribution in [2.24, 2.45) is 32.3 Å². The van der Waals surface area contributed by atoms with E-state index in [2.05, 4.69) is 53.0 Å². The zero-order valence-electron chi connectivity index (χ0n) is 42.2. The van der Waals surface area contributed by atoms with Gasteiger partial charge in [-0.2, -0.15) is 20.5 Å². The summed E-state index contributed by atoms with van der Waals surface area (Å²) in [6, 6.07) is 28.7. The van der Waals surface area contributed by atoms with Gasteiger partial charge in [0.15, 0.2) is 5.92 Å². The minimum absolute atomic E-state index is 0.00453. The number of carbonyl (C=O) groups is 2. The van der Waals surface area contributed by atoms with E-state index in [1.807, 2.05) is 60.7 Å². The zero-order valence-corrected chi connectivity index (χ0v) is 42.2. The number of nitrogens with zero attached hydrogens (tertiary/aromatic N) is 5. The zero-order chi connectivity index (χ0) is 50.6. The van der Waals surface area contributed by atoms with Gasteiger partial charge in [-0.15, -0.1) is 0 Å². The van der Waals surface area contributed by atoms with Crippen LogP contribution in [0.3, 0.4) is 0 Å². The van der Waals surface area contributed by atoms with Crippen LogP contribution < -0.4 is 9.47 Å². The fourth-order valence-corrected chi connectivity index (χ4v) is 7.20. The lowest BCUT2D eigenvalue weighted by Gasteiger charge is -2.19. The van der Waals surface area contributed by atoms with Gasteiger partial charge in [0.25, 0.3) is 5.69 Å². The second-order valence-electron chi connectivity index (χ2n) is 17.5. The molecule has 15 nitrogen and oxygen atoms in total. The molecule has 4 aromatic rings. The van der Waals surface area contributed by atoms with Gasteiger partial charge in [-0.05, 0) is 118 Å². The van der Waals surface area contributed by atoms with Gasteiger partial charge >= 0.3 is 11.9 Å². The fourth-order valence-electron chi connectivity index (χ4n) is 7.20. The quantitative estimate of drug-likeness (QED) is 0.00895. The molecule has 0 amide bonds. The van der Waals surface area contributed by atoms with E-state index in [1.165, 1.54) is 50.5 Å². The predicted molar refractivity (Wildman–Crippen MR) is 274 cm³/mol. The molecular formula is C55H77N5O10. The average molecular weight is 968 g/mol. The highest BCUT2D eigenvalue weighted by molar-refractivity contribution is 5.94. The summed E-state index contributed by atoms with van der Waals surface area (Å²) < 4.78 is 21.8. The van der Waals surface area contributed by atoms with E-state index in [9.17, 15) is 19.7 Å². The van der Waals surface area contributed by atoms with Gasteiger partial charge < -0.3 is 18.9 Å². The summed E-state index contributed by atoms with van der Waals surface area (Å²) in [5.41, 5.74) is 4.02. The number of non-ortho nitro benzene ring substituents is 1. The molecule has 0 heterocycles. The fraction of sp³-hybridized carbons (Fsp3) is 0.527. The highest BCUT2D eigenvalue weighted by Crippen LogP contribution is 2.25. The van der Waals surface area contributed by atoms with E-state index < -0.39 is 22.8 Å². The molecule has 0 aliphatic rings. The van der Waals surface area contributed by atoms with E-state index in [-0.39, 0.29) is 11.8 Å². The molecule has 4 rings (SSSR count). The lowest BCUT2D eigenvalue weighted by molar-refractivity contribution is -0.384. The number of esters is 2. The van der Waals surface area contributed by atoms with Crippen molar-refractivity contribution in [3.05, 3.63) is 113 Å². The minimum atomic E-state index is -0.864. The Morgan fingerprint density at radius 3 is 1.43 bits per heavy atom. The number of rotatable bonds is 34. The van der Waals surface area contributed by atoms with Crippen molar-refractivity contribution in [1.82, 2.24) is 0 Å². The van der Waals surface area contributed by atoms with Crippen molar-refractivity contribution >= 4 is 40.4 Å². The SMILES string of the molecule is CCC(C)C(CCCCCCOc1ccc(N=Nc2ccc(C)cc2)cc1)OO.CCCCCCCCCOC(=O)C(CCCCCCOc1ccc(N=Nc2ccc([N+](=O)[O-])cc2)cc1)C(=O)OC. The van der Waals surface area contributed by atoms with Crippen molar-refractivity contribution in [2.75, 3.05) is 26.9 Å². The summed E-state index contributed by atoms with van der Waals surface area (Å²) in [5.74, 6) is 0.0775. The first kappa shape index (κ1) is 58.3. The molecule has 3 atom stereocenters. The molecule has 0 fully saturated rings. The molecule has 0 aromatic heterocycles. The molecule has 0 aliphatic heterocycles. The average Bonchev–Trinajstić information content (AvgIpc) is 3.38. The molecule has 70 heavy (non-hydrogen) atoms. The number of benzene rings is 4. The monoisotopic (exact) mass is 968 g/mol. The van der Waals surface area contributed by atoms with Gasteiger partial charge in [0.1, 0.15) is 11.5 Å². The van der Waals surface area contributed by atoms with Crippen LogP contribution in [0.25, 0.3) is 0 Å². The largest absolute Gasteiger partial charge is 0.494 e. The summed E-state index contributed by atoms with van der Waals surface area (Å²) in [6.07, 6.45) is 17.9. The van der Waals surface area contributed by atoms with Gasteiger partial charge in [0.2, 0.25) is 0 Å². The van der Waals surface area contributed by atoms with Crippen molar-refractivity contribution in [1.29, 1.82) is 0 Å². The van der Waals surface area contributed by atoms with Crippen molar-refractivity contribution < 1.29 is 43.6 Å². The smallest absolute Gasteiger partial charge is 0.320 e. The van der Waals surface area contributed by atoms with E-state index >= 15 is 0 Å². The molecule has 0 saturated heterocycles. The van der Waals surface area contributed by atoms with Crippen LogP contribution >= 0.6 is 0 Å². The summed E-state index contributed by atoms with van der Waals surface area (Å²) in [6.45, 7) is 10.1. The topological polar surface area (TPSA) is 193 Å². The minimum Gasteiger partial charge on any atom is -0.494 e. The maximum Gasteiger partial charge on any atom is 0.320 e. The van der Waals surface area contributed by atoms with Crippen LogP contribution in [0.15, 0.2) is 118 Å². The molecule has 0 aliphatic carbocycles. The van der Waals surface area contributed by atoms with E-state index in [4.69, 9.17) is 24.2 Å². The van der Waals surface area contributed by atoms with Crippen LogP contribution in [-0.2, 0) is 24.0 Å². The van der Waals surface area contributed by atoms with Crippen LogP contribution in [0.4, 0.5) is 28.4 Å². The number of hydrogen-bond acceptors (Lipinski definition) is 14. The first-order valence-electron chi connectivity index (χ1n) is 25.2. The highest BCUT2D eigenvalue weighted by atomic mass is 17.1. The van der Waals surface area contributed by atoms with E-state index in [0.717, 1.165) is 101 Å². The standard InChI is InChI=1S/C31H43N3O7.C24H34N2O3/c1-3-4-5-6-7-9-13-24-41-31(36)29(30(35)39-2)14-11-8-10-12-23-40-28-21-17-26(18-22-28)33-32-25-15-19-27(20-16-25)34(37)38;1-4-20(3)24(29-27)9-7-5-6-8-18-28-23-16-14-22(15-17-23)26-25-21-12-10-19(2)11-13-21/h15-22,29H,3-14,23-24H2,1-2H3;10-17,20,24,27H,4-9,18H2,1-3H3. The Morgan fingerprint density at radius 1 is 0.571 bits per heavy atom. The second kappa shape index (κ2) is 36.0. The number of unbranched alkanes of at least 4 members (excludes halogenated alkanes) is 12. The number of hydrogen-bond donors (Lipinski definition) is 1. The van der Waals surface area contributed by atoms with Gasteiger partial charge in [-0.1, -0.05) is 122 Å². The Bertz CT molecular complexity index is 2080. The van der Waals surface area contributed by atoms with Crippen LogP contribution in [0, 0.1) is 28.9 Å².